The van der Waals surface area contributed by atoms with E-state index in [1.165, 1.54) is 6.92 Å². The zero-order chi connectivity index (χ0) is 30.8. The number of benzene rings is 1. The molecule has 0 bridgehead atoms. The fourth-order valence-corrected chi connectivity index (χ4v) is 8.36. The summed E-state index contributed by atoms with van der Waals surface area (Å²) in [7, 11) is 0. The molecule has 2 aromatic rings. The first-order valence-corrected chi connectivity index (χ1v) is 14.7. The van der Waals surface area contributed by atoms with E-state index in [1.807, 2.05) is 6.07 Å². The van der Waals surface area contributed by atoms with Crippen molar-refractivity contribution < 1.29 is 36.6 Å². The van der Waals surface area contributed by atoms with Crippen LogP contribution in [0.2, 0.25) is 0 Å². The second-order valence-electron chi connectivity index (χ2n) is 12.6. The fraction of sp³-hybridized carbons (Fsp3) is 0.485. The first-order valence-electron chi connectivity index (χ1n) is 14.7. The SMILES string of the molecule is CC12C[C@H](c3ccc(C(=O)NCc4ccccn4)cc3)C3=C4CCC(=O)C=C4CCC3[C@@H]1CC[C@@]2(O)C(F)(F)C(F)(F)F. The number of fused-ring (bicyclic) bond motifs is 4. The van der Waals surface area contributed by atoms with Crippen LogP contribution in [0.1, 0.15) is 79.4 Å². The summed E-state index contributed by atoms with van der Waals surface area (Å²) in [5, 5.41) is 14.2. The van der Waals surface area contributed by atoms with Crippen molar-refractivity contribution in [3.63, 3.8) is 0 Å². The van der Waals surface area contributed by atoms with Crippen LogP contribution in [-0.2, 0) is 11.3 Å². The number of carbonyl (C=O) groups is 2. The molecule has 228 valence electrons. The minimum absolute atomic E-state index is 0.0242. The summed E-state index contributed by atoms with van der Waals surface area (Å²) in [6.45, 7) is 1.62. The number of ketones is 1. The molecule has 1 aromatic carbocycles. The highest BCUT2D eigenvalue weighted by molar-refractivity contribution is 5.94. The lowest BCUT2D eigenvalue weighted by Gasteiger charge is -2.56. The number of hydrogen-bond acceptors (Lipinski definition) is 4. The molecule has 2 fully saturated rings. The Hall–Kier alpha value is -3.40. The number of hydrogen-bond donors (Lipinski definition) is 2. The van der Waals surface area contributed by atoms with E-state index in [0.29, 0.717) is 42.5 Å². The summed E-state index contributed by atoms with van der Waals surface area (Å²) >= 11 is 0. The third-order valence-corrected chi connectivity index (χ3v) is 10.5. The molecular weight excluding hydrogens is 567 g/mol. The van der Waals surface area contributed by atoms with Gasteiger partial charge >= 0.3 is 12.1 Å². The standard InChI is InChI=1S/C33H33F5N2O3/c1-30-17-26(19-5-7-20(8-6-19)29(42)40-18-22-4-2-3-15-39-22)28-24-12-10-23(41)16-21(24)9-11-25(28)27(30)13-14-31(30,43)32(34,35)33(36,37)38/h2-8,15-16,25-27,43H,9-14,17-18H2,1H3,(H,40,42)/t25?,26-,27+,30?,31+/m1/s1. The zero-order valence-electron chi connectivity index (χ0n) is 23.7. The van der Waals surface area contributed by atoms with Gasteiger partial charge in [0.1, 0.15) is 5.60 Å². The van der Waals surface area contributed by atoms with Crippen molar-refractivity contribution in [1.82, 2.24) is 10.3 Å². The molecule has 2 saturated carbocycles. The molecule has 0 radical (unpaired) electrons. The Morgan fingerprint density at radius 1 is 1.05 bits per heavy atom. The lowest BCUT2D eigenvalue weighted by atomic mass is 9.50. The molecule has 1 amide bonds. The van der Waals surface area contributed by atoms with E-state index in [2.05, 4.69) is 10.3 Å². The summed E-state index contributed by atoms with van der Waals surface area (Å²) in [6.07, 6.45) is -1.48. The van der Waals surface area contributed by atoms with Gasteiger partial charge in [0.15, 0.2) is 5.78 Å². The predicted molar refractivity (Wildman–Crippen MR) is 148 cm³/mol. The third-order valence-electron chi connectivity index (χ3n) is 10.5. The number of amides is 1. The van der Waals surface area contributed by atoms with E-state index in [-0.39, 0.29) is 37.0 Å². The monoisotopic (exact) mass is 600 g/mol. The van der Waals surface area contributed by atoms with Gasteiger partial charge in [-0.2, -0.15) is 22.0 Å². The van der Waals surface area contributed by atoms with Crippen LogP contribution in [0.3, 0.4) is 0 Å². The predicted octanol–water partition coefficient (Wildman–Crippen LogP) is 6.84. The normalized spacial score (nSPS) is 30.7. The van der Waals surface area contributed by atoms with Crippen molar-refractivity contribution in [2.45, 2.75) is 82.0 Å². The number of pyridine rings is 1. The highest BCUT2D eigenvalue weighted by Gasteiger charge is 2.79. The summed E-state index contributed by atoms with van der Waals surface area (Å²) in [5.74, 6) is -7.03. The van der Waals surface area contributed by atoms with Gasteiger partial charge in [-0.1, -0.05) is 30.7 Å². The molecule has 1 heterocycles. The minimum atomic E-state index is -5.90. The molecule has 4 aliphatic carbocycles. The van der Waals surface area contributed by atoms with E-state index in [0.717, 1.165) is 16.7 Å². The summed E-state index contributed by atoms with van der Waals surface area (Å²) in [5.41, 5.74) is -0.368. The van der Waals surface area contributed by atoms with E-state index >= 15 is 8.78 Å². The van der Waals surface area contributed by atoms with E-state index in [4.69, 9.17) is 0 Å². The molecule has 5 nitrogen and oxygen atoms in total. The van der Waals surface area contributed by atoms with Crippen molar-refractivity contribution in [1.29, 1.82) is 0 Å². The fourth-order valence-electron chi connectivity index (χ4n) is 8.36. The van der Waals surface area contributed by atoms with Crippen LogP contribution in [0, 0.1) is 17.3 Å². The average molecular weight is 601 g/mol. The maximum atomic E-state index is 15.2. The van der Waals surface area contributed by atoms with Gasteiger partial charge in [-0.05, 0) is 97.4 Å². The molecule has 6 rings (SSSR count). The Labute approximate surface area is 246 Å². The number of aliphatic hydroxyl groups is 1. The number of nitrogens with one attached hydrogen (secondary N) is 1. The van der Waals surface area contributed by atoms with Gasteiger partial charge in [-0.3, -0.25) is 14.6 Å². The van der Waals surface area contributed by atoms with E-state index in [9.17, 15) is 27.9 Å². The molecule has 1 aromatic heterocycles. The summed E-state index contributed by atoms with van der Waals surface area (Å²) < 4.78 is 71.6. The van der Waals surface area contributed by atoms with Crippen LogP contribution in [0.25, 0.3) is 0 Å². The van der Waals surface area contributed by atoms with Gasteiger partial charge in [-0.25, -0.2) is 0 Å². The van der Waals surface area contributed by atoms with Crippen molar-refractivity contribution in [2.75, 3.05) is 0 Å². The van der Waals surface area contributed by atoms with Gasteiger partial charge in [0.2, 0.25) is 0 Å². The van der Waals surface area contributed by atoms with Gasteiger partial charge in [0, 0.05) is 29.5 Å². The Balaban J connectivity index is 1.38. The maximum absolute atomic E-state index is 15.2. The molecule has 0 spiro atoms. The molecule has 2 unspecified atom stereocenters. The molecule has 5 atom stereocenters. The van der Waals surface area contributed by atoms with Crippen molar-refractivity contribution in [2.24, 2.45) is 17.3 Å². The minimum Gasteiger partial charge on any atom is -0.383 e. The Kier molecular flexibility index (Phi) is 7.14. The first-order chi connectivity index (χ1) is 20.3. The lowest BCUT2D eigenvalue weighted by molar-refractivity contribution is -0.362. The Bertz CT molecular complexity index is 1500. The highest BCUT2D eigenvalue weighted by atomic mass is 19.4. The molecule has 43 heavy (non-hydrogen) atoms. The first kappa shape index (κ1) is 29.7. The smallest absolute Gasteiger partial charge is 0.383 e. The number of rotatable bonds is 5. The lowest BCUT2D eigenvalue weighted by Crippen LogP contribution is -2.65. The Morgan fingerprint density at radius 2 is 1.79 bits per heavy atom. The van der Waals surface area contributed by atoms with Gasteiger partial charge < -0.3 is 10.4 Å². The van der Waals surface area contributed by atoms with Crippen molar-refractivity contribution in [3.8, 4) is 0 Å². The molecule has 4 aliphatic rings. The van der Waals surface area contributed by atoms with Gasteiger partial charge in [0.05, 0.1) is 12.2 Å². The average Bonchev–Trinajstić information content (AvgIpc) is 3.26. The molecule has 2 N–H and O–H groups in total. The number of aromatic nitrogens is 1. The molecular formula is C33H33F5N2O3. The topological polar surface area (TPSA) is 79.3 Å². The van der Waals surface area contributed by atoms with Crippen LogP contribution in [0.15, 0.2) is 71.5 Å². The zero-order valence-corrected chi connectivity index (χ0v) is 23.7. The summed E-state index contributed by atoms with van der Waals surface area (Å²) in [4.78, 5) is 29.2. The number of carbonyl (C=O) groups excluding carboxylic acids is 2. The maximum Gasteiger partial charge on any atom is 0.456 e. The highest BCUT2D eigenvalue weighted by Crippen LogP contribution is 2.70. The third kappa shape index (κ3) is 4.64. The van der Waals surface area contributed by atoms with Gasteiger partial charge in [0.25, 0.3) is 5.91 Å². The second-order valence-corrected chi connectivity index (χ2v) is 12.6. The molecule has 0 aliphatic heterocycles. The van der Waals surface area contributed by atoms with E-state index in [1.54, 1.807) is 48.7 Å². The quantitative estimate of drug-likeness (QED) is 0.369. The van der Waals surface area contributed by atoms with Gasteiger partial charge in [-0.15, -0.1) is 0 Å². The van der Waals surface area contributed by atoms with Crippen molar-refractivity contribution >= 4 is 11.7 Å². The van der Waals surface area contributed by atoms with Crippen LogP contribution in [0.4, 0.5) is 22.0 Å². The largest absolute Gasteiger partial charge is 0.456 e. The molecule has 10 heteroatoms. The van der Waals surface area contributed by atoms with Crippen LogP contribution in [0.5, 0.6) is 0 Å². The van der Waals surface area contributed by atoms with E-state index < -0.39 is 41.4 Å². The number of alkyl halides is 5. The number of allylic oxidation sites excluding steroid dienone is 4. The van der Waals surface area contributed by atoms with Crippen LogP contribution >= 0.6 is 0 Å². The van der Waals surface area contributed by atoms with Crippen LogP contribution in [-0.4, -0.2) is 39.5 Å². The molecule has 0 saturated heterocycles. The Morgan fingerprint density at radius 3 is 2.47 bits per heavy atom. The number of nitrogens with zero attached hydrogens (tertiary/aromatic N) is 1. The second kappa shape index (κ2) is 10.4. The van der Waals surface area contributed by atoms with Crippen LogP contribution < -0.4 is 5.32 Å². The van der Waals surface area contributed by atoms with Crippen molar-refractivity contribution in [3.05, 3.63) is 88.3 Å². The number of halogens is 5. The summed E-state index contributed by atoms with van der Waals surface area (Å²) in [6, 6.07) is 12.0.